The molecule has 0 spiro atoms. The maximum atomic E-state index is 12.0. The molecule has 1 amide bonds. The maximum Gasteiger partial charge on any atom is 0.223 e. The van der Waals surface area contributed by atoms with E-state index in [0.29, 0.717) is 19.4 Å². The molecule has 0 aliphatic rings. The Morgan fingerprint density at radius 3 is 2.55 bits per heavy atom. The van der Waals surface area contributed by atoms with Crippen LogP contribution in [-0.2, 0) is 11.3 Å². The fourth-order valence-electron chi connectivity index (χ4n) is 2.48. The molecule has 0 aromatic carbocycles. The number of nitrogens with one attached hydrogen (secondary N) is 1. The molecule has 20 heavy (non-hydrogen) atoms. The van der Waals surface area contributed by atoms with Gasteiger partial charge in [-0.3, -0.25) is 9.78 Å². The van der Waals surface area contributed by atoms with Gasteiger partial charge >= 0.3 is 0 Å². The Labute approximate surface area is 121 Å². The van der Waals surface area contributed by atoms with E-state index in [1.807, 2.05) is 32.9 Å². The van der Waals surface area contributed by atoms with Gasteiger partial charge in [0.25, 0.3) is 0 Å². The maximum absolute atomic E-state index is 12.0. The number of carbonyl (C=O) groups excluding carboxylic acids is 1. The monoisotopic (exact) mass is 278 g/mol. The third kappa shape index (κ3) is 5.29. The zero-order chi connectivity index (χ0) is 15.0. The minimum atomic E-state index is -0.868. The quantitative estimate of drug-likeness (QED) is 0.768. The van der Waals surface area contributed by atoms with Crippen LogP contribution in [0.2, 0.25) is 0 Å². The number of aromatic nitrogens is 1. The average molecular weight is 278 g/mol. The van der Waals surface area contributed by atoms with Crippen molar-refractivity contribution in [3.8, 4) is 0 Å². The number of pyridine rings is 1. The molecule has 0 atom stereocenters. The number of rotatable bonds is 8. The lowest BCUT2D eigenvalue weighted by molar-refractivity contribution is -0.126. The summed E-state index contributed by atoms with van der Waals surface area (Å²) in [5, 5.41) is 13.3. The Hall–Kier alpha value is -1.42. The van der Waals surface area contributed by atoms with Crippen LogP contribution < -0.4 is 5.32 Å². The van der Waals surface area contributed by atoms with Crippen molar-refractivity contribution in [1.82, 2.24) is 10.3 Å². The molecule has 0 unspecified atom stereocenters. The molecule has 1 rings (SSSR count). The third-order valence-electron chi connectivity index (χ3n) is 3.49. The van der Waals surface area contributed by atoms with Crippen LogP contribution in [0.1, 0.15) is 57.2 Å². The van der Waals surface area contributed by atoms with E-state index in [9.17, 15) is 9.90 Å². The lowest BCUT2D eigenvalue weighted by Gasteiger charge is -2.26. The van der Waals surface area contributed by atoms with Crippen molar-refractivity contribution < 1.29 is 9.90 Å². The Kier molecular flexibility index (Phi) is 6.65. The molecule has 0 aliphatic heterocycles. The molecular formula is C16H26N2O2. The van der Waals surface area contributed by atoms with Crippen molar-refractivity contribution in [3.05, 3.63) is 29.6 Å². The second kappa shape index (κ2) is 8.00. The largest absolute Gasteiger partial charge is 0.389 e. The minimum Gasteiger partial charge on any atom is -0.389 e. The van der Waals surface area contributed by atoms with E-state index < -0.39 is 5.60 Å². The number of aryl methyl sites for hydroxylation is 1. The van der Waals surface area contributed by atoms with Gasteiger partial charge < -0.3 is 10.4 Å². The Bertz CT molecular complexity index is 426. The van der Waals surface area contributed by atoms with Crippen LogP contribution in [0, 0.1) is 6.92 Å². The van der Waals surface area contributed by atoms with E-state index in [1.54, 1.807) is 6.20 Å². The first-order valence-corrected chi connectivity index (χ1v) is 7.40. The zero-order valence-electron chi connectivity index (χ0n) is 12.8. The molecule has 112 valence electrons. The molecular weight excluding hydrogens is 252 g/mol. The number of amides is 1. The molecule has 1 heterocycles. The molecule has 4 nitrogen and oxygen atoms in total. The first-order chi connectivity index (χ1) is 9.50. The first kappa shape index (κ1) is 16.6. The van der Waals surface area contributed by atoms with Gasteiger partial charge in [-0.1, -0.05) is 32.8 Å². The SMILES string of the molecule is CCCC(O)(CCC)CC(=O)NCc1ncccc1C. The van der Waals surface area contributed by atoms with Crippen LogP contribution >= 0.6 is 0 Å². The Morgan fingerprint density at radius 2 is 2.00 bits per heavy atom. The van der Waals surface area contributed by atoms with E-state index in [0.717, 1.165) is 24.1 Å². The molecule has 0 fully saturated rings. The second-order valence-electron chi connectivity index (χ2n) is 5.44. The van der Waals surface area contributed by atoms with Gasteiger partial charge in [-0.2, -0.15) is 0 Å². The molecule has 0 radical (unpaired) electrons. The Balaban J connectivity index is 2.52. The fourth-order valence-corrected chi connectivity index (χ4v) is 2.48. The average Bonchev–Trinajstić information content (AvgIpc) is 2.38. The minimum absolute atomic E-state index is 0.112. The lowest BCUT2D eigenvalue weighted by Crippen LogP contribution is -2.36. The van der Waals surface area contributed by atoms with E-state index in [4.69, 9.17) is 0 Å². The van der Waals surface area contributed by atoms with E-state index in [-0.39, 0.29) is 12.3 Å². The normalized spacial score (nSPS) is 11.4. The number of aliphatic hydroxyl groups is 1. The van der Waals surface area contributed by atoms with E-state index in [2.05, 4.69) is 10.3 Å². The summed E-state index contributed by atoms with van der Waals surface area (Å²) in [6, 6.07) is 3.85. The number of nitrogens with zero attached hydrogens (tertiary/aromatic N) is 1. The zero-order valence-corrected chi connectivity index (χ0v) is 12.8. The van der Waals surface area contributed by atoms with Crippen LogP contribution in [-0.4, -0.2) is 21.6 Å². The summed E-state index contributed by atoms with van der Waals surface area (Å²) < 4.78 is 0. The third-order valence-corrected chi connectivity index (χ3v) is 3.49. The molecule has 4 heteroatoms. The Morgan fingerprint density at radius 1 is 1.35 bits per heavy atom. The van der Waals surface area contributed by atoms with Crippen molar-refractivity contribution in [1.29, 1.82) is 0 Å². The number of hydrogen-bond donors (Lipinski definition) is 2. The highest BCUT2D eigenvalue weighted by molar-refractivity contribution is 5.77. The molecule has 0 saturated carbocycles. The summed E-state index contributed by atoms with van der Waals surface area (Å²) in [5.41, 5.74) is 1.06. The van der Waals surface area contributed by atoms with Crippen molar-refractivity contribution in [2.75, 3.05) is 0 Å². The van der Waals surface area contributed by atoms with Crippen molar-refractivity contribution in [2.45, 2.75) is 65.0 Å². The van der Waals surface area contributed by atoms with Gasteiger partial charge in [0, 0.05) is 6.20 Å². The summed E-state index contributed by atoms with van der Waals surface area (Å²) in [6.45, 7) is 6.43. The van der Waals surface area contributed by atoms with Crippen LogP contribution in [0.5, 0.6) is 0 Å². The van der Waals surface area contributed by atoms with Gasteiger partial charge in [0.2, 0.25) is 5.91 Å². The van der Waals surface area contributed by atoms with Crippen LogP contribution in [0.3, 0.4) is 0 Å². The van der Waals surface area contributed by atoms with Crippen molar-refractivity contribution in [2.24, 2.45) is 0 Å². The highest BCUT2D eigenvalue weighted by Crippen LogP contribution is 2.23. The van der Waals surface area contributed by atoms with Gasteiger partial charge in [-0.05, 0) is 31.4 Å². The van der Waals surface area contributed by atoms with Gasteiger partial charge in [0.05, 0.1) is 24.3 Å². The standard InChI is InChI=1S/C16H26N2O2/c1-4-8-16(20,9-5-2)11-15(19)18-12-14-13(3)7-6-10-17-14/h6-7,10,20H,4-5,8-9,11-12H2,1-3H3,(H,18,19). The molecule has 0 aliphatic carbocycles. The lowest BCUT2D eigenvalue weighted by atomic mass is 9.89. The topological polar surface area (TPSA) is 62.2 Å². The highest BCUT2D eigenvalue weighted by atomic mass is 16.3. The molecule has 1 aromatic heterocycles. The predicted molar refractivity (Wildman–Crippen MR) is 80.2 cm³/mol. The summed E-state index contributed by atoms with van der Waals surface area (Å²) in [4.78, 5) is 16.2. The molecule has 2 N–H and O–H groups in total. The van der Waals surface area contributed by atoms with Gasteiger partial charge in [-0.15, -0.1) is 0 Å². The van der Waals surface area contributed by atoms with E-state index in [1.165, 1.54) is 0 Å². The highest BCUT2D eigenvalue weighted by Gasteiger charge is 2.27. The van der Waals surface area contributed by atoms with Crippen LogP contribution in [0.25, 0.3) is 0 Å². The molecule has 0 bridgehead atoms. The summed E-state index contributed by atoms with van der Waals surface area (Å²) in [5.74, 6) is -0.112. The smallest absolute Gasteiger partial charge is 0.223 e. The van der Waals surface area contributed by atoms with Crippen LogP contribution in [0.15, 0.2) is 18.3 Å². The van der Waals surface area contributed by atoms with Gasteiger partial charge in [0.1, 0.15) is 0 Å². The molecule has 1 aromatic rings. The fraction of sp³-hybridized carbons (Fsp3) is 0.625. The van der Waals surface area contributed by atoms with Crippen LogP contribution in [0.4, 0.5) is 0 Å². The van der Waals surface area contributed by atoms with Gasteiger partial charge in [-0.25, -0.2) is 0 Å². The first-order valence-electron chi connectivity index (χ1n) is 7.40. The predicted octanol–water partition coefficient (Wildman–Crippen LogP) is 2.73. The second-order valence-corrected chi connectivity index (χ2v) is 5.44. The summed E-state index contributed by atoms with van der Waals surface area (Å²) in [7, 11) is 0. The summed E-state index contributed by atoms with van der Waals surface area (Å²) >= 11 is 0. The van der Waals surface area contributed by atoms with Gasteiger partial charge in [0.15, 0.2) is 0 Å². The van der Waals surface area contributed by atoms with Crippen molar-refractivity contribution in [3.63, 3.8) is 0 Å². The van der Waals surface area contributed by atoms with Crippen molar-refractivity contribution >= 4 is 5.91 Å². The number of hydrogen-bond acceptors (Lipinski definition) is 3. The number of carbonyl (C=O) groups is 1. The summed E-state index contributed by atoms with van der Waals surface area (Å²) in [6.07, 6.45) is 4.97. The molecule has 0 saturated heterocycles. The van der Waals surface area contributed by atoms with E-state index >= 15 is 0 Å².